The lowest BCUT2D eigenvalue weighted by Gasteiger charge is -2.29. The van der Waals surface area contributed by atoms with Crippen LogP contribution in [0.1, 0.15) is 25.3 Å². The maximum absolute atomic E-state index is 13.3. The van der Waals surface area contributed by atoms with Gasteiger partial charge < -0.3 is 5.32 Å². The Morgan fingerprint density at radius 1 is 1.37 bits per heavy atom. The predicted molar refractivity (Wildman–Crippen MR) is 78.0 cm³/mol. The molecule has 0 radical (unpaired) electrons. The van der Waals surface area contributed by atoms with Crippen LogP contribution in [0.4, 0.5) is 4.39 Å². The summed E-state index contributed by atoms with van der Waals surface area (Å²) in [6.45, 7) is 7.15. The van der Waals surface area contributed by atoms with Crippen molar-refractivity contribution in [3.05, 3.63) is 34.6 Å². The van der Waals surface area contributed by atoms with Crippen molar-refractivity contribution < 1.29 is 4.39 Å². The third-order valence-electron chi connectivity index (χ3n) is 3.82. The van der Waals surface area contributed by atoms with E-state index in [1.54, 1.807) is 12.1 Å². The minimum Gasteiger partial charge on any atom is -0.317 e. The van der Waals surface area contributed by atoms with Crippen LogP contribution < -0.4 is 5.32 Å². The second kappa shape index (κ2) is 7.22. The van der Waals surface area contributed by atoms with Crippen molar-refractivity contribution in [2.75, 3.05) is 26.2 Å². The smallest absolute Gasteiger partial charge is 0.123 e. The molecule has 19 heavy (non-hydrogen) atoms. The molecular formula is C15H22ClFN2. The van der Waals surface area contributed by atoms with Crippen LogP contribution in [0.3, 0.4) is 0 Å². The largest absolute Gasteiger partial charge is 0.317 e. The van der Waals surface area contributed by atoms with Crippen molar-refractivity contribution in [3.8, 4) is 0 Å². The summed E-state index contributed by atoms with van der Waals surface area (Å²) in [7, 11) is 0. The number of piperidine rings is 1. The lowest BCUT2D eigenvalue weighted by atomic mass is 9.97. The second-order valence-electron chi connectivity index (χ2n) is 5.26. The maximum atomic E-state index is 13.3. The Morgan fingerprint density at radius 3 is 2.79 bits per heavy atom. The molecule has 1 heterocycles. The summed E-state index contributed by atoms with van der Waals surface area (Å²) < 4.78 is 13.3. The van der Waals surface area contributed by atoms with Crippen molar-refractivity contribution in [1.82, 2.24) is 10.2 Å². The van der Waals surface area contributed by atoms with Crippen molar-refractivity contribution in [2.24, 2.45) is 5.92 Å². The van der Waals surface area contributed by atoms with Gasteiger partial charge in [0.15, 0.2) is 0 Å². The topological polar surface area (TPSA) is 15.3 Å². The number of benzene rings is 1. The summed E-state index contributed by atoms with van der Waals surface area (Å²) in [5.74, 6) is 0.533. The normalized spacial score (nSPS) is 17.1. The number of hydrogen-bond acceptors (Lipinski definition) is 2. The Morgan fingerprint density at radius 2 is 2.11 bits per heavy atom. The summed E-state index contributed by atoms with van der Waals surface area (Å²) in [5.41, 5.74) is 0.887. The Kier molecular flexibility index (Phi) is 5.61. The monoisotopic (exact) mass is 284 g/mol. The molecule has 0 spiro atoms. The molecule has 1 aromatic carbocycles. The van der Waals surface area contributed by atoms with Crippen LogP contribution >= 0.6 is 11.6 Å². The first kappa shape index (κ1) is 14.8. The summed E-state index contributed by atoms with van der Waals surface area (Å²) in [5, 5.41) is 4.04. The molecule has 2 rings (SSSR count). The van der Waals surface area contributed by atoms with E-state index < -0.39 is 0 Å². The van der Waals surface area contributed by atoms with E-state index in [1.807, 2.05) is 0 Å². The molecule has 1 aromatic rings. The summed E-state index contributed by atoms with van der Waals surface area (Å²) >= 11 is 6.14. The van der Waals surface area contributed by atoms with Crippen LogP contribution in [0.15, 0.2) is 18.2 Å². The van der Waals surface area contributed by atoms with Crippen molar-refractivity contribution in [1.29, 1.82) is 0 Å². The quantitative estimate of drug-likeness (QED) is 0.892. The molecule has 1 N–H and O–H groups in total. The Hall–Kier alpha value is -0.640. The van der Waals surface area contributed by atoms with Crippen molar-refractivity contribution in [2.45, 2.75) is 26.3 Å². The summed E-state index contributed by atoms with van der Waals surface area (Å²) in [4.78, 5) is 2.36. The zero-order chi connectivity index (χ0) is 13.7. The van der Waals surface area contributed by atoms with Gasteiger partial charge in [0.25, 0.3) is 0 Å². The minimum absolute atomic E-state index is 0.211. The molecule has 0 saturated carbocycles. The highest BCUT2D eigenvalue weighted by atomic mass is 35.5. The van der Waals surface area contributed by atoms with Crippen LogP contribution in [0.25, 0.3) is 0 Å². The molecule has 1 aliphatic rings. The van der Waals surface area contributed by atoms with Crippen LogP contribution in [-0.2, 0) is 6.54 Å². The van der Waals surface area contributed by atoms with Crippen molar-refractivity contribution in [3.63, 3.8) is 0 Å². The lowest BCUT2D eigenvalue weighted by molar-refractivity contribution is 0.207. The van der Waals surface area contributed by atoms with E-state index in [9.17, 15) is 4.39 Å². The number of rotatable bonds is 5. The molecule has 1 aliphatic heterocycles. The molecule has 0 aliphatic carbocycles. The average molecular weight is 285 g/mol. The molecule has 4 heteroatoms. The highest BCUT2D eigenvalue weighted by molar-refractivity contribution is 6.31. The molecule has 106 valence electrons. The van der Waals surface area contributed by atoms with E-state index in [1.165, 1.54) is 18.9 Å². The SMILES string of the molecule is CCN(Cc1cc(F)ccc1Cl)CC1CCNCC1. The highest BCUT2D eigenvalue weighted by Crippen LogP contribution is 2.21. The first-order valence-corrected chi connectivity index (χ1v) is 7.44. The molecular weight excluding hydrogens is 263 g/mol. The van der Waals surface area contributed by atoms with Gasteiger partial charge in [0.05, 0.1) is 0 Å². The molecule has 0 unspecified atom stereocenters. The molecule has 0 amide bonds. The summed E-state index contributed by atoms with van der Waals surface area (Å²) in [6, 6.07) is 4.60. The van der Waals surface area contributed by atoms with Gasteiger partial charge in [0.2, 0.25) is 0 Å². The summed E-state index contributed by atoms with van der Waals surface area (Å²) in [6.07, 6.45) is 2.46. The Labute approximate surface area is 119 Å². The first-order chi connectivity index (χ1) is 9.19. The number of hydrogen-bond donors (Lipinski definition) is 1. The van der Waals surface area contributed by atoms with Gasteiger partial charge in [-0.15, -0.1) is 0 Å². The standard InChI is InChI=1S/C15H22ClFN2/c1-2-19(10-12-5-7-18-8-6-12)11-13-9-14(17)3-4-15(13)16/h3-4,9,12,18H,2,5-8,10-11H2,1H3. The van der Waals surface area contributed by atoms with Gasteiger partial charge in [-0.05, 0) is 62.2 Å². The van der Waals surface area contributed by atoms with Gasteiger partial charge in [-0.25, -0.2) is 4.39 Å². The molecule has 1 saturated heterocycles. The van der Waals surface area contributed by atoms with E-state index >= 15 is 0 Å². The predicted octanol–water partition coefficient (Wildman–Crippen LogP) is 3.30. The Bertz CT molecular complexity index is 405. The molecule has 1 fully saturated rings. The van der Waals surface area contributed by atoms with E-state index in [0.717, 1.165) is 44.2 Å². The fourth-order valence-corrected chi connectivity index (χ4v) is 2.82. The van der Waals surface area contributed by atoms with Gasteiger partial charge in [-0.1, -0.05) is 18.5 Å². The van der Waals surface area contributed by atoms with E-state index in [0.29, 0.717) is 5.02 Å². The minimum atomic E-state index is -0.211. The number of halogens is 2. The fourth-order valence-electron chi connectivity index (χ4n) is 2.64. The van der Waals surface area contributed by atoms with E-state index in [-0.39, 0.29) is 5.82 Å². The van der Waals surface area contributed by atoms with Crippen LogP contribution in [0, 0.1) is 11.7 Å². The van der Waals surface area contributed by atoms with Gasteiger partial charge in [0.1, 0.15) is 5.82 Å². The molecule has 2 nitrogen and oxygen atoms in total. The molecule has 0 aromatic heterocycles. The molecule has 0 atom stereocenters. The zero-order valence-electron chi connectivity index (χ0n) is 11.5. The highest BCUT2D eigenvalue weighted by Gasteiger charge is 2.17. The first-order valence-electron chi connectivity index (χ1n) is 7.06. The van der Waals surface area contributed by atoms with Crippen LogP contribution in [0.2, 0.25) is 5.02 Å². The van der Waals surface area contributed by atoms with Gasteiger partial charge in [0, 0.05) is 18.1 Å². The van der Waals surface area contributed by atoms with E-state index in [2.05, 4.69) is 17.1 Å². The van der Waals surface area contributed by atoms with Gasteiger partial charge in [-0.3, -0.25) is 4.90 Å². The third kappa shape index (κ3) is 4.44. The fraction of sp³-hybridized carbons (Fsp3) is 0.600. The number of nitrogens with zero attached hydrogens (tertiary/aromatic N) is 1. The Balaban J connectivity index is 1.95. The average Bonchev–Trinajstić information content (AvgIpc) is 2.43. The van der Waals surface area contributed by atoms with Crippen molar-refractivity contribution >= 4 is 11.6 Å². The van der Waals surface area contributed by atoms with E-state index in [4.69, 9.17) is 11.6 Å². The lowest BCUT2D eigenvalue weighted by Crippen LogP contribution is -2.36. The number of nitrogens with one attached hydrogen (secondary N) is 1. The maximum Gasteiger partial charge on any atom is 0.123 e. The zero-order valence-corrected chi connectivity index (χ0v) is 12.2. The third-order valence-corrected chi connectivity index (χ3v) is 4.19. The van der Waals surface area contributed by atoms with Crippen LogP contribution in [0.5, 0.6) is 0 Å². The van der Waals surface area contributed by atoms with Crippen LogP contribution in [-0.4, -0.2) is 31.1 Å². The van der Waals surface area contributed by atoms with Gasteiger partial charge in [-0.2, -0.15) is 0 Å². The second-order valence-corrected chi connectivity index (χ2v) is 5.66. The van der Waals surface area contributed by atoms with Gasteiger partial charge >= 0.3 is 0 Å². The molecule has 0 bridgehead atoms.